The van der Waals surface area contributed by atoms with Crippen molar-refractivity contribution in [3.05, 3.63) is 24.3 Å². The third-order valence-electron chi connectivity index (χ3n) is 1.45. The number of hydrogen-bond acceptors (Lipinski definition) is 4. The maximum atomic E-state index is 8.03. The third kappa shape index (κ3) is 2.71. The minimum Gasteiger partial charge on any atom is -0.394 e. The van der Waals surface area contributed by atoms with Crippen molar-refractivity contribution in [3.8, 4) is 11.1 Å². The third-order valence-corrected chi connectivity index (χ3v) is 2.03. The van der Waals surface area contributed by atoms with E-state index in [0.717, 1.165) is 11.1 Å². The number of benzene rings is 1. The lowest BCUT2D eigenvalue weighted by molar-refractivity contribution is 0.222. The quantitative estimate of drug-likeness (QED) is 0.346. The summed E-state index contributed by atoms with van der Waals surface area (Å²) in [7, 11) is 0. The normalized spacial score (nSPS) is 10.2. The van der Waals surface area contributed by atoms with Crippen LogP contribution < -0.4 is 0 Å². The molecule has 1 N–H and O–H groups in total. The summed E-state index contributed by atoms with van der Waals surface area (Å²) >= 11 is 4.60. The van der Waals surface area contributed by atoms with Crippen LogP contribution in [0.2, 0.25) is 0 Å². The maximum Gasteiger partial charge on any atom is 0.0855 e. The van der Waals surface area contributed by atoms with Gasteiger partial charge in [-0.2, -0.15) is 0 Å². The highest BCUT2D eigenvalue weighted by Gasteiger charge is 2.03. The van der Waals surface area contributed by atoms with Crippen molar-refractivity contribution >= 4 is 22.7 Å². The number of rotatable bonds is 3. The van der Waals surface area contributed by atoms with Gasteiger partial charge in [-0.05, 0) is 11.1 Å². The van der Waals surface area contributed by atoms with E-state index in [2.05, 4.69) is 40.1 Å². The molecule has 0 saturated carbocycles. The zero-order valence-electron chi connectivity index (χ0n) is 6.43. The van der Waals surface area contributed by atoms with Gasteiger partial charge in [0.25, 0.3) is 0 Å². The van der Waals surface area contributed by atoms with Crippen LogP contribution in [-0.2, 0) is 4.18 Å². The monoisotopic (exact) mass is 202 g/mol. The molecule has 0 heterocycles. The van der Waals surface area contributed by atoms with Gasteiger partial charge in [0.2, 0.25) is 0 Å². The summed E-state index contributed by atoms with van der Waals surface area (Å²) in [6, 6.07) is 8.48. The lowest BCUT2D eigenvalue weighted by atomic mass is 9.95. The van der Waals surface area contributed by atoms with E-state index in [1.807, 2.05) is 0 Å². The summed E-state index contributed by atoms with van der Waals surface area (Å²) in [5.41, 5.74) is 2.85. The highest BCUT2D eigenvalue weighted by Crippen LogP contribution is 2.29. The van der Waals surface area contributed by atoms with Crippen LogP contribution in [0, 0.1) is 0 Å². The standard InChI is InChI=1S/C6H4.C2H6O2S2/c1-2-6-4-3-5(1)6;3-1-2-4-6-5/h1-4H;3,5H,1-2H2. The highest BCUT2D eigenvalue weighted by atomic mass is 33.1. The Bertz CT molecular complexity index is 198. The molecule has 12 heavy (non-hydrogen) atoms. The predicted molar refractivity (Wildman–Crippen MR) is 55.1 cm³/mol. The van der Waals surface area contributed by atoms with Gasteiger partial charge in [0.05, 0.1) is 24.3 Å². The summed E-state index contributed by atoms with van der Waals surface area (Å²) in [5, 5.41) is 8.03. The molecule has 0 aromatic carbocycles. The van der Waals surface area contributed by atoms with Crippen LogP contribution in [-0.4, -0.2) is 18.3 Å². The van der Waals surface area contributed by atoms with Crippen LogP contribution in [0.4, 0.5) is 0 Å². The number of aliphatic hydroxyl groups excluding tert-OH is 1. The van der Waals surface area contributed by atoms with Crippen LogP contribution in [0.3, 0.4) is 0 Å². The van der Waals surface area contributed by atoms with Gasteiger partial charge in [0.15, 0.2) is 0 Å². The van der Waals surface area contributed by atoms with E-state index < -0.39 is 0 Å². The largest absolute Gasteiger partial charge is 0.394 e. The highest BCUT2D eigenvalue weighted by molar-refractivity contribution is 8.66. The Kier molecular flexibility index (Phi) is 4.53. The molecule has 0 unspecified atom stereocenters. The second-order valence-electron chi connectivity index (χ2n) is 2.20. The first-order valence-electron chi connectivity index (χ1n) is 3.53. The Hall–Kier alpha value is -0.160. The van der Waals surface area contributed by atoms with E-state index in [4.69, 9.17) is 5.11 Å². The topological polar surface area (TPSA) is 29.5 Å². The molecule has 66 valence electrons. The molecule has 0 aromatic rings. The Morgan fingerprint density at radius 3 is 1.83 bits per heavy atom. The molecule has 0 bridgehead atoms. The Morgan fingerprint density at radius 2 is 1.75 bits per heavy atom. The van der Waals surface area contributed by atoms with E-state index in [-0.39, 0.29) is 6.61 Å². The molecule has 0 aromatic heterocycles. The fourth-order valence-electron chi connectivity index (χ4n) is 0.737. The van der Waals surface area contributed by atoms with Gasteiger partial charge in [-0.3, -0.25) is 0 Å². The molecule has 0 radical (unpaired) electrons. The fourth-order valence-corrected chi connectivity index (χ4v) is 1.11. The summed E-state index contributed by atoms with van der Waals surface area (Å²) < 4.78 is 4.51. The maximum absolute atomic E-state index is 8.03. The first kappa shape index (κ1) is 9.92. The van der Waals surface area contributed by atoms with Gasteiger partial charge in [-0.15, -0.1) is 0 Å². The van der Waals surface area contributed by atoms with Crippen LogP contribution in [0.5, 0.6) is 0 Å². The minimum atomic E-state index is 0.0631. The molecule has 0 spiro atoms. The summed E-state index contributed by atoms with van der Waals surface area (Å²) in [5.74, 6) is 0. The smallest absolute Gasteiger partial charge is 0.0855 e. The Morgan fingerprint density at radius 1 is 1.25 bits per heavy atom. The molecule has 2 rings (SSSR count). The van der Waals surface area contributed by atoms with Gasteiger partial charge in [-0.25, -0.2) is 0 Å². The summed E-state index contributed by atoms with van der Waals surface area (Å²) in [6.45, 7) is 0.418. The van der Waals surface area contributed by atoms with Gasteiger partial charge >= 0.3 is 0 Å². The average Bonchev–Trinajstić information content (AvgIpc) is 2.09. The van der Waals surface area contributed by atoms with Crippen molar-refractivity contribution in [2.24, 2.45) is 0 Å². The number of fused-ring (bicyclic) bond motifs is 1. The van der Waals surface area contributed by atoms with Gasteiger partial charge in [0.1, 0.15) is 0 Å². The molecule has 0 amide bonds. The second kappa shape index (κ2) is 5.48. The van der Waals surface area contributed by atoms with Gasteiger partial charge in [0, 0.05) is 0 Å². The van der Waals surface area contributed by atoms with E-state index in [0.29, 0.717) is 6.61 Å². The fraction of sp³-hybridized carbons (Fsp3) is 0.250. The van der Waals surface area contributed by atoms with Gasteiger partial charge < -0.3 is 9.29 Å². The number of thiol groups is 1. The first-order valence-corrected chi connectivity index (χ1v) is 5.32. The Labute approximate surface area is 81.0 Å². The van der Waals surface area contributed by atoms with E-state index in [9.17, 15) is 0 Å². The van der Waals surface area contributed by atoms with Crippen LogP contribution in [0.25, 0.3) is 11.1 Å². The molecule has 2 aliphatic carbocycles. The first-order chi connectivity index (χ1) is 5.88. The lowest BCUT2D eigenvalue weighted by Gasteiger charge is -2.10. The summed E-state index contributed by atoms with van der Waals surface area (Å²) in [6.07, 6.45) is 0. The zero-order chi connectivity index (χ0) is 8.81. The van der Waals surface area contributed by atoms with Gasteiger partial charge in [-0.1, -0.05) is 35.9 Å². The van der Waals surface area contributed by atoms with Crippen LogP contribution >= 0.6 is 22.7 Å². The van der Waals surface area contributed by atoms with E-state index in [1.54, 1.807) is 0 Å². The number of aliphatic hydroxyl groups is 1. The molecule has 0 fully saturated rings. The van der Waals surface area contributed by atoms with Crippen LogP contribution in [0.15, 0.2) is 24.3 Å². The van der Waals surface area contributed by atoms with Crippen molar-refractivity contribution in [2.45, 2.75) is 0 Å². The minimum absolute atomic E-state index is 0.0631. The zero-order valence-corrected chi connectivity index (χ0v) is 8.15. The second-order valence-corrected chi connectivity index (χ2v) is 3.03. The van der Waals surface area contributed by atoms with E-state index in [1.165, 1.54) is 11.1 Å². The summed E-state index contributed by atoms with van der Waals surface area (Å²) in [4.78, 5) is 0. The molecule has 2 nitrogen and oxygen atoms in total. The van der Waals surface area contributed by atoms with Crippen molar-refractivity contribution in [1.82, 2.24) is 0 Å². The molecule has 4 heteroatoms. The van der Waals surface area contributed by atoms with Crippen molar-refractivity contribution in [2.75, 3.05) is 13.2 Å². The Balaban J connectivity index is 0.000000120. The van der Waals surface area contributed by atoms with Crippen molar-refractivity contribution in [1.29, 1.82) is 0 Å². The molecule has 0 atom stereocenters. The van der Waals surface area contributed by atoms with Crippen molar-refractivity contribution in [3.63, 3.8) is 0 Å². The molecule has 0 saturated heterocycles. The molecular formula is C8H10O2S2. The SMILES string of the molecule is OCCOSS.c1cc2ccc1-2. The lowest BCUT2D eigenvalue weighted by Crippen LogP contribution is -1.89. The van der Waals surface area contributed by atoms with E-state index >= 15 is 0 Å². The van der Waals surface area contributed by atoms with Crippen molar-refractivity contribution < 1.29 is 9.29 Å². The predicted octanol–water partition coefficient (Wildman–Crippen LogP) is 2.16. The molecule has 0 aliphatic heterocycles. The number of hydrogen-bond donors (Lipinski definition) is 2. The van der Waals surface area contributed by atoms with Crippen LogP contribution in [0.1, 0.15) is 0 Å². The molecule has 2 aliphatic rings. The average molecular weight is 202 g/mol. The molecular weight excluding hydrogens is 192 g/mol.